The fourth-order valence-electron chi connectivity index (χ4n) is 1.89. The van der Waals surface area contributed by atoms with Crippen molar-refractivity contribution in [2.75, 3.05) is 27.3 Å². The lowest BCUT2D eigenvalue weighted by Gasteiger charge is -2.13. The van der Waals surface area contributed by atoms with Gasteiger partial charge < -0.3 is 20.1 Å². The number of ether oxygens (including phenoxy) is 2. The number of rotatable bonds is 7. The second-order valence-electron chi connectivity index (χ2n) is 4.64. The van der Waals surface area contributed by atoms with Gasteiger partial charge in [-0.15, -0.1) is 0 Å². The van der Waals surface area contributed by atoms with Gasteiger partial charge in [-0.05, 0) is 30.2 Å². The molecule has 0 spiro atoms. The van der Waals surface area contributed by atoms with Crippen molar-refractivity contribution in [3.63, 3.8) is 0 Å². The van der Waals surface area contributed by atoms with E-state index in [1.807, 2.05) is 19.1 Å². The lowest BCUT2D eigenvalue weighted by atomic mass is 10.0. The molecule has 0 bridgehead atoms. The summed E-state index contributed by atoms with van der Waals surface area (Å²) in [6, 6.07) is 3.65. The molecule has 21 heavy (non-hydrogen) atoms. The molecule has 1 aromatic carbocycles. The van der Waals surface area contributed by atoms with Crippen LogP contribution in [0.1, 0.15) is 18.1 Å². The number of nitrogens with one attached hydrogen (secondary N) is 2. The minimum absolute atomic E-state index is 0.101. The van der Waals surface area contributed by atoms with Crippen molar-refractivity contribution in [1.82, 2.24) is 10.6 Å². The number of hydrogen-bond acceptors (Lipinski definition) is 4. The lowest BCUT2D eigenvalue weighted by Crippen LogP contribution is -2.34. The van der Waals surface area contributed by atoms with Gasteiger partial charge in [-0.1, -0.05) is 0 Å². The molecule has 0 aliphatic carbocycles. The van der Waals surface area contributed by atoms with E-state index in [1.54, 1.807) is 14.2 Å². The van der Waals surface area contributed by atoms with Gasteiger partial charge in [-0.3, -0.25) is 9.59 Å². The minimum Gasteiger partial charge on any atom is -0.493 e. The molecular weight excluding hydrogens is 272 g/mol. The van der Waals surface area contributed by atoms with Gasteiger partial charge in [-0.2, -0.15) is 0 Å². The molecule has 116 valence electrons. The van der Waals surface area contributed by atoms with Crippen LogP contribution in [0.4, 0.5) is 0 Å². The normalized spacial score (nSPS) is 9.90. The highest BCUT2D eigenvalue weighted by molar-refractivity contribution is 5.79. The molecule has 0 aliphatic heterocycles. The maximum Gasteiger partial charge on any atom is 0.224 e. The Morgan fingerprint density at radius 1 is 1.05 bits per heavy atom. The van der Waals surface area contributed by atoms with Crippen LogP contribution in [0.2, 0.25) is 0 Å². The zero-order valence-corrected chi connectivity index (χ0v) is 12.9. The highest BCUT2D eigenvalue weighted by Gasteiger charge is 2.11. The first-order chi connectivity index (χ1) is 9.97. The van der Waals surface area contributed by atoms with Gasteiger partial charge in [0.2, 0.25) is 11.8 Å². The molecular formula is C15H22N2O4. The molecule has 0 radical (unpaired) electrons. The van der Waals surface area contributed by atoms with E-state index >= 15 is 0 Å². The SMILES string of the molecule is COc1cc(C)c(CC(=O)NCCNC(C)=O)cc1OC. The number of aryl methyl sites for hydroxylation is 1. The summed E-state index contributed by atoms with van der Waals surface area (Å²) in [5.41, 5.74) is 1.84. The van der Waals surface area contributed by atoms with Crippen molar-refractivity contribution >= 4 is 11.8 Å². The Kier molecular flexibility index (Phi) is 6.52. The van der Waals surface area contributed by atoms with Crippen LogP contribution in [-0.2, 0) is 16.0 Å². The van der Waals surface area contributed by atoms with Crippen LogP contribution >= 0.6 is 0 Å². The Morgan fingerprint density at radius 2 is 1.62 bits per heavy atom. The van der Waals surface area contributed by atoms with Gasteiger partial charge in [0.25, 0.3) is 0 Å². The van der Waals surface area contributed by atoms with Gasteiger partial charge in [0.1, 0.15) is 0 Å². The Bertz CT molecular complexity index is 515. The standard InChI is InChI=1S/C15H22N2O4/c1-10-7-13(20-3)14(21-4)8-12(10)9-15(19)17-6-5-16-11(2)18/h7-8H,5-6,9H2,1-4H3,(H,16,18)(H,17,19). The molecule has 0 aromatic heterocycles. The van der Waals surface area contributed by atoms with E-state index in [1.165, 1.54) is 6.92 Å². The van der Waals surface area contributed by atoms with E-state index in [2.05, 4.69) is 10.6 Å². The zero-order chi connectivity index (χ0) is 15.8. The first-order valence-electron chi connectivity index (χ1n) is 6.70. The average molecular weight is 294 g/mol. The minimum atomic E-state index is -0.111. The fourth-order valence-corrected chi connectivity index (χ4v) is 1.89. The van der Waals surface area contributed by atoms with Crippen LogP contribution in [-0.4, -0.2) is 39.1 Å². The monoisotopic (exact) mass is 294 g/mol. The summed E-state index contributed by atoms with van der Waals surface area (Å²) in [4.78, 5) is 22.6. The van der Waals surface area contributed by atoms with Crippen molar-refractivity contribution in [3.05, 3.63) is 23.3 Å². The topological polar surface area (TPSA) is 76.7 Å². The Morgan fingerprint density at radius 3 is 2.19 bits per heavy atom. The van der Waals surface area contributed by atoms with Crippen LogP contribution in [0.5, 0.6) is 11.5 Å². The van der Waals surface area contributed by atoms with E-state index in [0.29, 0.717) is 24.6 Å². The van der Waals surface area contributed by atoms with E-state index < -0.39 is 0 Å². The van der Waals surface area contributed by atoms with Crippen molar-refractivity contribution in [1.29, 1.82) is 0 Å². The zero-order valence-electron chi connectivity index (χ0n) is 12.9. The van der Waals surface area contributed by atoms with Gasteiger partial charge >= 0.3 is 0 Å². The van der Waals surface area contributed by atoms with Gasteiger partial charge in [0, 0.05) is 20.0 Å². The van der Waals surface area contributed by atoms with E-state index in [4.69, 9.17) is 9.47 Å². The number of hydrogen-bond donors (Lipinski definition) is 2. The molecule has 1 aromatic rings. The summed E-state index contributed by atoms with van der Waals surface area (Å²) < 4.78 is 10.4. The second-order valence-corrected chi connectivity index (χ2v) is 4.64. The molecule has 0 saturated carbocycles. The summed E-state index contributed by atoms with van der Waals surface area (Å²) in [6.07, 6.45) is 0.256. The van der Waals surface area contributed by atoms with Crippen molar-refractivity contribution in [2.45, 2.75) is 20.3 Å². The maximum atomic E-state index is 11.9. The molecule has 6 nitrogen and oxygen atoms in total. The molecule has 0 atom stereocenters. The van der Waals surface area contributed by atoms with Gasteiger partial charge in [0.15, 0.2) is 11.5 Å². The maximum absolute atomic E-state index is 11.9. The number of methoxy groups -OCH3 is 2. The molecule has 0 saturated heterocycles. The smallest absolute Gasteiger partial charge is 0.224 e. The fraction of sp³-hybridized carbons (Fsp3) is 0.467. The van der Waals surface area contributed by atoms with Gasteiger partial charge in [-0.25, -0.2) is 0 Å². The van der Waals surface area contributed by atoms with E-state index in [-0.39, 0.29) is 18.2 Å². The van der Waals surface area contributed by atoms with Crippen molar-refractivity contribution < 1.29 is 19.1 Å². The second kappa shape index (κ2) is 8.14. The number of benzene rings is 1. The third-order valence-corrected chi connectivity index (χ3v) is 3.01. The van der Waals surface area contributed by atoms with Crippen LogP contribution < -0.4 is 20.1 Å². The molecule has 0 aliphatic rings. The predicted molar refractivity (Wildman–Crippen MR) is 79.7 cm³/mol. The molecule has 2 N–H and O–H groups in total. The van der Waals surface area contributed by atoms with Crippen LogP contribution in [0.3, 0.4) is 0 Å². The van der Waals surface area contributed by atoms with Crippen LogP contribution in [0, 0.1) is 6.92 Å². The first-order valence-corrected chi connectivity index (χ1v) is 6.70. The van der Waals surface area contributed by atoms with Crippen molar-refractivity contribution in [2.24, 2.45) is 0 Å². The Balaban J connectivity index is 2.61. The third kappa shape index (κ3) is 5.33. The largest absolute Gasteiger partial charge is 0.493 e. The van der Waals surface area contributed by atoms with Crippen molar-refractivity contribution in [3.8, 4) is 11.5 Å². The third-order valence-electron chi connectivity index (χ3n) is 3.01. The van der Waals surface area contributed by atoms with Crippen LogP contribution in [0.15, 0.2) is 12.1 Å². The van der Waals surface area contributed by atoms with Gasteiger partial charge in [0.05, 0.1) is 20.6 Å². The molecule has 0 unspecified atom stereocenters. The predicted octanol–water partition coefficient (Wildman–Crippen LogP) is 0.807. The number of amides is 2. The number of carbonyl (C=O) groups excluding carboxylic acids is 2. The van der Waals surface area contributed by atoms with E-state index in [0.717, 1.165) is 11.1 Å². The summed E-state index contributed by atoms with van der Waals surface area (Å²) in [5.74, 6) is 1.03. The number of carbonyl (C=O) groups is 2. The lowest BCUT2D eigenvalue weighted by molar-refractivity contribution is -0.121. The summed E-state index contributed by atoms with van der Waals surface area (Å²) >= 11 is 0. The molecule has 0 fully saturated rings. The highest BCUT2D eigenvalue weighted by Crippen LogP contribution is 2.30. The Labute approximate surface area is 124 Å². The van der Waals surface area contributed by atoms with Crippen LogP contribution in [0.25, 0.3) is 0 Å². The molecule has 0 heterocycles. The highest BCUT2D eigenvalue weighted by atomic mass is 16.5. The summed E-state index contributed by atoms with van der Waals surface area (Å²) in [5, 5.41) is 5.37. The molecule has 1 rings (SSSR count). The quantitative estimate of drug-likeness (QED) is 0.730. The first kappa shape index (κ1) is 16.8. The summed E-state index contributed by atoms with van der Waals surface area (Å²) in [6.45, 7) is 4.19. The van der Waals surface area contributed by atoms with E-state index in [9.17, 15) is 9.59 Å². The molecule has 2 amide bonds. The molecule has 6 heteroatoms. The average Bonchev–Trinajstić information content (AvgIpc) is 2.45. The summed E-state index contributed by atoms with van der Waals surface area (Å²) in [7, 11) is 3.14. The Hall–Kier alpha value is -2.24.